The number of aliphatic hydroxyl groups is 3. The number of hydrogen-bond donors (Lipinski definition) is 3. The lowest BCUT2D eigenvalue weighted by Gasteiger charge is -2.47. The highest BCUT2D eigenvalue weighted by atomic mass is 16.5. The lowest BCUT2D eigenvalue weighted by atomic mass is 9.59. The summed E-state index contributed by atoms with van der Waals surface area (Å²) in [6.07, 6.45) is 12.1. The van der Waals surface area contributed by atoms with Crippen LogP contribution in [0.15, 0.2) is 35.5 Å². The third-order valence-electron chi connectivity index (χ3n) is 9.10. The van der Waals surface area contributed by atoms with Crippen molar-refractivity contribution in [3.05, 3.63) is 35.5 Å². The summed E-state index contributed by atoms with van der Waals surface area (Å²) in [7, 11) is 0. The third kappa shape index (κ3) is 4.66. The molecular formula is C28H44O4. The van der Waals surface area contributed by atoms with Crippen LogP contribution in [0.2, 0.25) is 0 Å². The number of fused-ring (bicyclic) bond motifs is 1. The molecule has 0 amide bonds. The molecule has 1 aliphatic heterocycles. The second kappa shape index (κ2) is 8.69. The van der Waals surface area contributed by atoms with Crippen LogP contribution in [-0.4, -0.2) is 45.3 Å². The minimum absolute atomic E-state index is 0.105. The summed E-state index contributed by atoms with van der Waals surface area (Å²) in [5.41, 5.74) is 2.77. The SMILES string of the molecule is C=C1C(=CC=C2CCC[C@@]3(C)[C@H]2CC[C@@H]3[C@]2(C)C[C@@H](CC(C)(C)O)CO2)C[C@@H](O)C[C@@H]1O. The molecule has 4 aliphatic rings. The first-order valence-corrected chi connectivity index (χ1v) is 12.7. The standard InChI is InChI=1S/C28H44O4/c1-18-21(13-22(29)14-24(18)30)9-8-20-7-6-12-27(4)23(20)10-11-25(27)28(5)16-19(17-32-28)15-26(2,3)31/h8-9,19,22-25,29-31H,1,6-7,10-17H2,2-5H3/t19-,22-,23+,24+,25+,27+,28+/m1/s1. The van der Waals surface area contributed by atoms with Gasteiger partial charge in [0.05, 0.1) is 30.0 Å². The molecule has 0 aromatic rings. The molecule has 180 valence electrons. The summed E-state index contributed by atoms with van der Waals surface area (Å²) >= 11 is 0. The Morgan fingerprint density at radius 3 is 2.66 bits per heavy atom. The Hall–Kier alpha value is -0.940. The van der Waals surface area contributed by atoms with Crippen molar-refractivity contribution in [3.63, 3.8) is 0 Å². The zero-order chi connectivity index (χ0) is 23.3. The Bertz CT molecular complexity index is 790. The van der Waals surface area contributed by atoms with E-state index < -0.39 is 17.8 Å². The van der Waals surface area contributed by atoms with E-state index in [9.17, 15) is 15.3 Å². The van der Waals surface area contributed by atoms with E-state index in [4.69, 9.17) is 4.74 Å². The molecule has 0 aromatic heterocycles. The van der Waals surface area contributed by atoms with Crippen LogP contribution in [-0.2, 0) is 4.74 Å². The largest absolute Gasteiger partial charge is 0.393 e. The van der Waals surface area contributed by atoms with Gasteiger partial charge in [0, 0.05) is 6.42 Å². The second-order valence-electron chi connectivity index (χ2n) is 12.3. The summed E-state index contributed by atoms with van der Waals surface area (Å²) in [6.45, 7) is 13.4. The van der Waals surface area contributed by atoms with E-state index in [1.54, 1.807) is 0 Å². The van der Waals surface area contributed by atoms with E-state index in [-0.39, 0.29) is 11.0 Å². The highest BCUT2D eigenvalue weighted by molar-refractivity contribution is 5.38. The van der Waals surface area contributed by atoms with Gasteiger partial charge in [-0.1, -0.05) is 31.2 Å². The number of hydrogen-bond acceptors (Lipinski definition) is 4. The number of rotatable bonds is 4. The molecule has 7 atom stereocenters. The highest BCUT2D eigenvalue weighted by Gasteiger charge is 2.57. The Labute approximate surface area is 194 Å². The maximum absolute atomic E-state index is 10.3. The molecule has 32 heavy (non-hydrogen) atoms. The zero-order valence-corrected chi connectivity index (χ0v) is 20.6. The molecular weight excluding hydrogens is 400 g/mol. The van der Waals surface area contributed by atoms with E-state index in [1.165, 1.54) is 31.3 Å². The van der Waals surface area contributed by atoms with Crippen LogP contribution in [0.1, 0.15) is 85.5 Å². The maximum Gasteiger partial charge on any atom is 0.0811 e. The lowest BCUT2D eigenvalue weighted by molar-refractivity contribution is -0.0753. The van der Waals surface area contributed by atoms with Crippen LogP contribution in [0.3, 0.4) is 0 Å². The minimum atomic E-state index is -0.639. The molecule has 0 radical (unpaired) electrons. The van der Waals surface area contributed by atoms with Gasteiger partial charge in [-0.2, -0.15) is 0 Å². The van der Waals surface area contributed by atoms with E-state index in [0.717, 1.165) is 37.0 Å². The Kier molecular flexibility index (Phi) is 6.57. The van der Waals surface area contributed by atoms with Crippen LogP contribution in [0.5, 0.6) is 0 Å². The number of ether oxygens (including phenoxy) is 1. The molecule has 1 heterocycles. The average Bonchev–Trinajstić information content (AvgIpc) is 3.22. The summed E-state index contributed by atoms with van der Waals surface area (Å²) in [5, 5.41) is 30.6. The van der Waals surface area contributed by atoms with Crippen molar-refractivity contribution in [2.24, 2.45) is 23.2 Å². The van der Waals surface area contributed by atoms with Gasteiger partial charge in [0.2, 0.25) is 0 Å². The van der Waals surface area contributed by atoms with Gasteiger partial charge in [-0.05, 0) is 106 Å². The monoisotopic (exact) mass is 444 g/mol. The van der Waals surface area contributed by atoms with Crippen LogP contribution >= 0.6 is 0 Å². The van der Waals surface area contributed by atoms with Crippen molar-refractivity contribution < 1.29 is 20.1 Å². The fourth-order valence-electron chi connectivity index (χ4n) is 7.79. The van der Waals surface area contributed by atoms with E-state index in [2.05, 4.69) is 32.6 Å². The molecule has 0 unspecified atom stereocenters. The van der Waals surface area contributed by atoms with Crippen molar-refractivity contribution in [1.82, 2.24) is 0 Å². The van der Waals surface area contributed by atoms with E-state index >= 15 is 0 Å². The molecule has 3 N–H and O–H groups in total. The fraction of sp³-hybridized carbons (Fsp3) is 0.786. The Morgan fingerprint density at radius 1 is 1.19 bits per heavy atom. The average molecular weight is 445 g/mol. The third-order valence-corrected chi connectivity index (χ3v) is 9.10. The molecule has 4 nitrogen and oxygen atoms in total. The van der Waals surface area contributed by atoms with Crippen LogP contribution < -0.4 is 0 Å². The smallest absolute Gasteiger partial charge is 0.0811 e. The molecule has 0 spiro atoms. The normalized spacial score (nSPS) is 45.6. The van der Waals surface area contributed by atoms with Crippen molar-refractivity contribution in [2.75, 3.05) is 6.61 Å². The Balaban J connectivity index is 1.52. The van der Waals surface area contributed by atoms with Crippen molar-refractivity contribution in [1.29, 1.82) is 0 Å². The number of aliphatic hydroxyl groups excluding tert-OH is 2. The van der Waals surface area contributed by atoms with Gasteiger partial charge in [0.15, 0.2) is 0 Å². The summed E-state index contributed by atoms with van der Waals surface area (Å²) < 4.78 is 6.52. The van der Waals surface area contributed by atoms with E-state index in [0.29, 0.717) is 30.6 Å². The Morgan fingerprint density at radius 2 is 1.94 bits per heavy atom. The van der Waals surface area contributed by atoms with Crippen LogP contribution in [0.4, 0.5) is 0 Å². The minimum Gasteiger partial charge on any atom is -0.393 e. The van der Waals surface area contributed by atoms with Gasteiger partial charge in [-0.25, -0.2) is 0 Å². The van der Waals surface area contributed by atoms with Gasteiger partial charge < -0.3 is 20.1 Å². The molecule has 4 fully saturated rings. The second-order valence-corrected chi connectivity index (χ2v) is 12.3. The van der Waals surface area contributed by atoms with Crippen molar-refractivity contribution >= 4 is 0 Å². The highest BCUT2D eigenvalue weighted by Crippen LogP contribution is 2.62. The summed E-state index contributed by atoms with van der Waals surface area (Å²) in [6, 6.07) is 0. The van der Waals surface area contributed by atoms with Gasteiger partial charge in [-0.3, -0.25) is 0 Å². The van der Waals surface area contributed by atoms with Crippen molar-refractivity contribution in [3.8, 4) is 0 Å². The topological polar surface area (TPSA) is 69.9 Å². The van der Waals surface area contributed by atoms with E-state index in [1.807, 2.05) is 13.8 Å². The summed E-state index contributed by atoms with van der Waals surface area (Å²) in [4.78, 5) is 0. The first kappa shape index (κ1) is 24.2. The predicted molar refractivity (Wildman–Crippen MR) is 128 cm³/mol. The molecule has 3 saturated carbocycles. The van der Waals surface area contributed by atoms with Gasteiger partial charge in [0.1, 0.15) is 0 Å². The molecule has 3 aliphatic carbocycles. The van der Waals surface area contributed by atoms with Crippen LogP contribution in [0.25, 0.3) is 0 Å². The maximum atomic E-state index is 10.3. The molecule has 0 bridgehead atoms. The van der Waals surface area contributed by atoms with Gasteiger partial charge in [-0.15, -0.1) is 0 Å². The quantitative estimate of drug-likeness (QED) is 0.565. The van der Waals surface area contributed by atoms with Crippen LogP contribution in [0, 0.1) is 23.2 Å². The molecule has 1 saturated heterocycles. The number of allylic oxidation sites excluding steroid dienone is 3. The molecule has 0 aromatic carbocycles. The predicted octanol–water partition coefficient (Wildman–Crippen LogP) is 5.08. The lowest BCUT2D eigenvalue weighted by Crippen LogP contribution is -2.45. The summed E-state index contributed by atoms with van der Waals surface area (Å²) in [5.74, 6) is 1.54. The fourth-order valence-corrected chi connectivity index (χ4v) is 7.79. The van der Waals surface area contributed by atoms with Crippen molar-refractivity contribution in [2.45, 2.75) is 109 Å². The zero-order valence-electron chi connectivity index (χ0n) is 20.6. The van der Waals surface area contributed by atoms with Gasteiger partial charge >= 0.3 is 0 Å². The first-order valence-electron chi connectivity index (χ1n) is 12.7. The van der Waals surface area contributed by atoms with Gasteiger partial charge in [0.25, 0.3) is 0 Å². The molecule has 4 heteroatoms. The molecule has 4 rings (SSSR count). The first-order chi connectivity index (χ1) is 14.9.